The van der Waals surface area contributed by atoms with Crippen molar-refractivity contribution < 1.29 is 14.0 Å². The molecule has 1 aromatic rings. The van der Waals surface area contributed by atoms with Crippen molar-refractivity contribution >= 4 is 12.7 Å². The summed E-state index contributed by atoms with van der Waals surface area (Å²) < 4.78 is 18.1. The average molecular weight is 290 g/mol. The zero-order valence-corrected chi connectivity index (χ0v) is 13.2. The Balaban J connectivity index is 1.91. The van der Waals surface area contributed by atoms with Crippen LogP contribution in [0.25, 0.3) is 0 Å². The number of aromatic nitrogens is 1. The molecule has 1 saturated heterocycles. The summed E-state index contributed by atoms with van der Waals surface area (Å²) in [6, 6.07) is 1.95. The normalized spacial score (nSPS) is 23.4. The number of nitrogens with zero attached hydrogens (tertiary/aromatic N) is 1. The van der Waals surface area contributed by atoms with Crippen molar-refractivity contribution in [3.8, 4) is 5.75 Å². The minimum Gasteiger partial charge on any atom is -0.489 e. The van der Waals surface area contributed by atoms with Gasteiger partial charge in [0.05, 0.1) is 17.3 Å². The van der Waals surface area contributed by atoms with E-state index in [2.05, 4.69) is 4.98 Å². The number of hydrogen-bond acceptors (Lipinski definition) is 5. The summed E-state index contributed by atoms with van der Waals surface area (Å²) in [5.74, 6) is 0.735. The first-order chi connectivity index (χ1) is 9.82. The zero-order valence-electron chi connectivity index (χ0n) is 13.2. The number of rotatable bonds is 4. The molecule has 0 unspecified atom stereocenters. The van der Waals surface area contributed by atoms with Gasteiger partial charge in [0.1, 0.15) is 11.3 Å². The molecule has 2 fully saturated rings. The highest BCUT2D eigenvalue weighted by molar-refractivity contribution is 6.62. The molecule has 1 aromatic heterocycles. The second-order valence-electron chi connectivity index (χ2n) is 6.84. The number of hydrogen-bond donors (Lipinski definition) is 1. The molecule has 0 bridgehead atoms. The minimum absolute atomic E-state index is 0.293. The lowest BCUT2D eigenvalue weighted by molar-refractivity contribution is 0.00578. The van der Waals surface area contributed by atoms with Crippen molar-refractivity contribution in [1.29, 1.82) is 0 Å². The van der Waals surface area contributed by atoms with Crippen molar-refractivity contribution in [3.05, 3.63) is 17.8 Å². The first kappa shape index (κ1) is 14.8. The van der Waals surface area contributed by atoms with E-state index in [1.807, 2.05) is 33.8 Å². The van der Waals surface area contributed by atoms with Crippen LogP contribution in [0.3, 0.4) is 0 Å². The van der Waals surface area contributed by atoms with Crippen molar-refractivity contribution in [3.63, 3.8) is 0 Å². The van der Waals surface area contributed by atoms with Gasteiger partial charge in [-0.3, -0.25) is 4.98 Å². The van der Waals surface area contributed by atoms with Gasteiger partial charge in [0, 0.05) is 12.7 Å². The molecule has 5 nitrogen and oxygen atoms in total. The van der Waals surface area contributed by atoms with E-state index in [0.29, 0.717) is 18.2 Å². The van der Waals surface area contributed by atoms with E-state index in [0.717, 1.165) is 24.2 Å². The van der Waals surface area contributed by atoms with E-state index < -0.39 is 7.12 Å². The summed E-state index contributed by atoms with van der Waals surface area (Å²) in [5.41, 5.74) is 6.58. The molecule has 1 aliphatic heterocycles. The fourth-order valence-electron chi connectivity index (χ4n) is 2.20. The lowest BCUT2D eigenvalue weighted by atomic mass is 9.83. The molecule has 1 saturated carbocycles. The van der Waals surface area contributed by atoms with Crippen LogP contribution >= 0.6 is 0 Å². The second kappa shape index (κ2) is 4.97. The Morgan fingerprint density at radius 2 is 1.90 bits per heavy atom. The Hall–Kier alpha value is -1.11. The highest BCUT2D eigenvalue weighted by atomic mass is 16.7. The van der Waals surface area contributed by atoms with Crippen LogP contribution in [0.15, 0.2) is 12.3 Å². The summed E-state index contributed by atoms with van der Waals surface area (Å²) in [6.45, 7) is 8.56. The lowest BCUT2D eigenvalue weighted by Gasteiger charge is -2.32. The van der Waals surface area contributed by atoms with Crippen LogP contribution in [-0.2, 0) is 15.9 Å². The molecule has 0 atom stereocenters. The van der Waals surface area contributed by atoms with E-state index >= 15 is 0 Å². The van der Waals surface area contributed by atoms with E-state index in [1.165, 1.54) is 0 Å². The Morgan fingerprint density at radius 1 is 1.29 bits per heavy atom. The Labute approximate surface area is 126 Å². The Bertz CT molecular complexity index is 528. The molecule has 114 valence electrons. The minimum atomic E-state index is -0.504. The molecule has 6 heteroatoms. The summed E-state index contributed by atoms with van der Waals surface area (Å²) >= 11 is 0. The predicted molar refractivity (Wildman–Crippen MR) is 81.5 cm³/mol. The predicted octanol–water partition coefficient (Wildman–Crippen LogP) is 1.38. The van der Waals surface area contributed by atoms with Crippen molar-refractivity contribution in [2.45, 2.75) is 64.4 Å². The van der Waals surface area contributed by atoms with Gasteiger partial charge in [0.2, 0.25) is 0 Å². The van der Waals surface area contributed by atoms with Gasteiger partial charge in [0.15, 0.2) is 0 Å². The number of ether oxygens (including phenoxy) is 1. The maximum absolute atomic E-state index is 6.07. The zero-order chi connectivity index (χ0) is 15.3. The molecule has 0 spiro atoms. The average Bonchev–Trinajstić information content (AvgIpc) is 3.17. The van der Waals surface area contributed by atoms with Gasteiger partial charge in [-0.25, -0.2) is 0 Å². The quantitative estimate of drug-likeness (QED) is 0.849. The molecular formula is C15H23BN2O3. The summed E-state index contributed by atoms with van der Waals surface area (Å²) in [4.78, 5) is 4.49. The number of pyridine rings is 1. The summed E-state index contributed by atoms with van der Waals surface area (Å²) in [6.07, 6.45) is 4.24. The molecule has 21 heavy (non-hydrogen) atoms. The summed E-state index contributed by atoms with van der Waals surface area (Å²) in [5, 5.41) is 0. The van der Waals surface area contributed by atoms with E-state index in [4.69, 9.17) is 19.8 Å². The largest absolute Gasteiger partial charge is 0.518 e. The smallest absolute Gasteiger partial charge is 0.489 e. The Kier molecular flexibility index (Phi) is 3.51. The topological polar surface area (TPSA) is 66.6 Å². The van der Waals surface area contributed by atoms with Gasteiger partial charge >= 0.3 is 7.12 Å². The van der Waals surface area contributed by atoms with Crippen molar-refractivity contribution in [1.82, 2.24) is 4.98 Å². The second-order valence-corrected chi connectivity index (χ2v) is 6.84. The maximum Gasteiger partial charge on any atom is 0.518 e. The van der Waals surface area contributed by atoms with Crippen LogP contribution in [0, 0.1) is 0 Å². The van der Waals surface area contributed by atoms with E-state index in [9.17, 15) is 0 Å². The SMILES string of the molecule is CC1(C)OB(c2ncc(CN)cc2OC2CC2)OC1(C)C. The van der Waals surface area contributed by atoms with E-state index in [1.54, 1.807) is 6.20 Å². The molecule has 3 rings (SSSR count). The van der Waals surface area contributed by atoms with Crippen LogP contribution in [-0.4, -0.2) is 29.4 Å². The molecular weight excluding hydrogens is 267 g/mol. The third-order valence-electron chi connectivity index (χ3n) is 4.47. The standard InChI is InChI=1S/C15H23BN2O3/c1-14(2)15(3,4)21-16(20-14)13-12(19-11-5-6-11)7-10(8-17)9-18-13/h7,9,11H,5-6,8,17H2,1-4H3. The van der Waals surface area contributed by atoms with Crippen LogP contribution in [0.5, 0.6) is 5.75 Å². The summed E-state index contributed by atoms with van der Waals surface area (Å²) in [7, 11) is -0.504. The fraction of sp³-hybridized carbons (Fsp3) is 0.667. The van der Waals surface area contributed by atoms with Crippen LogP contribution in [0.1, 0.15) is 46.1 Å². The molecule has 2 aliphatic rings. The van der Waals surface area contributed by atoms with Gasteiger partial charge in [-0.05, 0) is 52.2 Å². The molecule has 0 aromatic carbocycles. The van der Waals surface area contributed by atoms with Gasteiger partial charge in [-0.2, -0.15) is 0 Å². The Morgan fingerprint density at radius 3 is 2.43 bits per heavy atom. The van der Waals surface area contributed by atoms with Crippen molar-refractivity contribution in [2.75, 3.05) is 0 Å². The highest BCUT2D eigenvalue weighted by Gasteiger charge is 2.53. The van der Waals surface area contributed by atoms with Gasteiger partial charge in [-0.15, -0.1) is 0 Å². The lowest BCUT2D eigenvalue weighted by Crippen LogP contribution is -2.41. The molecule has 0 amide bonds. The van der Waals surface area contributed by atoms with Gasteiger partial charge < -0.3 is 19.8 Å². The molecule has 2 N–H and O–H groups in total. The van der Waals surface area contributed by atoms with Gasteiger partial charge in [0.25, 0.3) is 0 Å². The van der Waals surface area contributed by atoms with Gasteiger partial charge in [-0.1, -0.05) is 0 Å². The first-order valence-electron chi connectivity index (χ1n) is 7.53. The molecule has 2 heterocycles. The fourth-order valence-corrected chi connectivity index (χ4v) is 2.20. The maximum atomic E-state index is 6.07. The molecule has 1 aliphatic carbocycles. The van der Waals surface area contributed by atoms with Crippen molar-refractivity contribution in [2.24, 2.45) is 5.73 Å². The third kappa shape index (κ3) is 2.80. The molecule has 0 radical (unpaired) electrons. The number of nitrogens with two attached hydrogens (primary N) is 1. The van der Waals surface area contributed by atoms with Crippen LogP contribution < -0.4 is 16.1 Å². The van der Waals surface area contributed by atoms with E-state index in [-0.39, 0.29) is 11.2 Å². The van der Waals surface area contributed by atoms with Crippen LogP contribution in [0.4, 0.5) is 0 Å². The first-order valence-corrected chi connectivity index (χ1v) is 7.53. The third-order valence-corrected chi connectivity index (χ3v) is 4.47. The van der Waals surface area contributed by atoms with Crippen LogP contribution in [0.2, 0.25) is 0 Å². The highest BCUT2D eigenvalue weighted by Crippen LogP contribution is 2.37. The monoisotopic (exact) mass is 290 g/mol.